The molecular weight excluding hydrogens is 350 g/mol. The second-order valence-electron chi connectivity index (χ2n) is 6.88. The van der Waals surface area contributed by atoms with Gasteiger partial charge < -0.3 is 11.1 Å². The summed E-state index contributed by atoms with van der Waals surface area (Å²) in [7, 11) is 0. The van der Waals surface area contributed by atoms with Crippen molar-refractivity contribution in [3.05, 3.63) is 70.3 Å². The average Bonchev–Trinajstić information content (AvgIpc) is 2.69. The van der Waals surface area contributed by atoms with Gasteiger partial charge in [-0.3, -0.25) is 9.59 Å². The quantitative estimate of drug-likeness (QED) is 0.831. The molecule has 0 saturated heterocycles. The molecule has 2 aromatic carbocycles. The van der Waals surface area contributed by atoms with Crippen LogP contribution in [0.4, 0.5) is 8.78 Å². The Bertz CT molecular complexity index is 847. The second kappa shape index (κ2) is 8.29. The zero-order valence-electron chi connectivity index (χ0n) is 14.9. The molecule has 6 heteroatoms. The maximum Gasteiger partial charge on any atom is 0.254 e. The van der Waals surface area contributed by atoms with Gasteiger partial charge >= 0.3 is 0 Å². The van der Waals surface area contributed by atoms with E-state index in [0.29, 0.717) is 12.8 Å². The van der Waals surface area contributed by atoms with Gasteiger partial charge in [0.05, 0.1) is 5.56 Å². The van der Waals surface area contributed by atoms with Gasteiger partial charge in [0.25, 0.3) is 5.91 Å². The Kier molecular flexibility index (Phi) is 5.84. The van der Waals surface area contributed by atoms with E-state index >= 15 is 0 Å². The first kappa shape index (κ1) is 19.0. The van der Waals surface area contributed by atoms with E-state index in [-0.39, 0.29) is 23.6 Å². The van der Waals surface area contributed by atoms with Crippen LogP contribution in [0.3, 0.4) is 0 Å². The summed E-state index contributed by atoms with van der Waals surface area (Å²) in [4.78, 5) is 24.6. The van der Waals surface area contributed by atoms with Crippen molar-refractivity contribution >= 4 is 11.8 Å². The second-order valence-corrected chi connectivity index (χ2v) is 6.88. The van der Waals surface area contributed by atoms with Gasteiger partial charge in [0, 0.05) is 12.1 Å². The minimum Gasteiger partial charge on any atom is -0.366 e. The molecule has 0 bridgehead atoms. The molecule has 3 N–H and O–H groups in total. The lowest BCUT2D eigenvalue weighted by Gasteiger charge is -2.26. The molecule has 0 radical (unpaired) electrons. The SMILES string of the molecule is NC(=O)c1cc(F)c(F)c(C(=O)NCc2ccccc2)c1C1CCCCC1. The van der Waals surface area contributed by atoms with Gasteiger partial charge in [0.1, 0.15) is 0 Å². The number of benzene rings is 2. The largest absolute Gasteiger partial charge is 0.366 e. The van der Waals surface area contributed by atoms with E-state index < -0.39 is 29.0 Å². The maximum absolute atomic E-state index is 14.6. The molecule has 2 aromatic rings. The summed E-state index contributed by atoms with van der Waals surface area (Å²) in [5.41, 5.74) is 5.98. The highest BCUT2D eigenvalue weighted by atomic mass is 19.2. The van der Waals surface area contributed by atoms with Gasteiger partial charge in [-0.15, -0.1) is 0 Å². The fraction of sp³-hybridized carbons (Fsp3) is 0.333. The summed E-state index contributed by atoms with van der Waals surface area (Å²) in [5.74, 6) is -4.25. The third kappa shape index (κ3) is 4.15. The highest BCUT2D eigenvalue weighted by molar-refractivity contribution is 6.02. The molecule has 0 aliphatic heterocycles. The van der Waals surface area contributed by atoms with E-state index in [1.807, 2.05) is 30.3 Å². The third-order valence-corrected chi connectivity index (χ3v) is 5.06. The standard InChI is InChI=1S/C21H22F2N2O2/c22-16-11-15(20(24)26)17(14-9-5-2-6-10-14)18(19(16)23)21(27)25-12-13-7-3-1-4-8-13/h1,3-4,7-8,11,14H,2,5-6,9-10,12H2,(H2,24,26)(H,25,27). The van der Waals surface area contributed by atoms with Crippen molar-refractivity contribution in [2.24, 2.45) is 5.73 Å². The van der Waals surface area contributed by atoms with Crippen molar-refractivity contribution in [2.45, 2.75) is 44.6 Å². The van der Waals surface area contributed by atoms with Crippen molar-refractivity contribution in [2.75, 3.05) is 0 Å². The van der Waals surface area contributed by atoms with Crippen molar-refractivity contribution in [1.82, 2.24) is 5.32 Å². The Hall–Kier alpha value is -2.76. The molecule has 1 saturated carbocycles. The predicted octanol–water partition coefficient (Wildman–Crippen LogP) is 4.04. The van der Waals surface area contributed by atoms with Gasteiger partial charge in [0.2, 0.25) is 5.91 Å². The van der Waals surface area contributed by atoms with E-state index in [1.165, 1.54) is 0 Å². The molecule has 0 atom stereocenters. The predicted molar refractivity (Wildman–Crippen MR) is 98.3 cm³/mol. The molecule has 2 amide bonds. The van der Waals surface area contributed by atoms with Crippen molar-refractivity contribution in [3.63, 3.8) is 0 Å². The number of halogens is 2. The van der Waals surface area contributed by atoms with Crippen LogP contribution in [0.15, 0.2) is 36.4 Å². The van der Waals surface area contributed by atoms with Crippen LogP contribution in [-0.2, 0) is 6.54 Å². The first-order valence-corrected chi connectivity index (χ1v) is 9.13. The molecule has 4 nitrogen and oxygen atoms in total. The van der Waals surface area contributed by atoms with Gasteiger partial charge in [0.15, 0.2) is 11.6 Å². The Balaban J connectivity index is 2.00. The molecule has 0 aromatic heterocycles. The van der Waals surface area contributed by atoms with E-state index in [0.717, 1.165) is 30.9 Å². The highest BCUT2D eigenvalue weighted by Crippen LogP contribution is 2.38. The van der Waals surface area contributed by atoms with Crippen molar-refractivity contribution in [3.8, 4) is 0 Å². The maximum atomic E-state index is 14.6. The number of nitrogens with two attached hydrogens (primary N) is 1. The molecule has 0 unspecified atom stereocenters. The Morgan fingerprint density at radius 1 is 1.07 bits per heavy atom. The summed E-state index contributed by atoms with van der Waals surface area (Å²) in [6.45, 7) is 0.172. The van der Waals surface area contributed by atoms with Crippen LogP contribution in [0, 0.1) is 11.6 Å². The van der Waals surface area contributed by atoms with Crippen LogP contribution in [0.25, 0.3) is 0 Å². The zero-order valence-corrected chi connectivity index (χ0v) is 14.9. The van der Waals surface area contributed by atoms with E-state index in [9.17, 15) is 18.4 Å². The van der Waals surface area contributed by atoms with Gasteiger partial charge in [-0.05, 0) is 36.0 Å². The third-order valence-electron chi connectivity index (χ3n) is 5.06. The normalized spacial score (nSPS) is 14.7. The van der Waals surface area contributed by atoms with Crippen molar-refractivity contribution in [1.29, 1.82) is 0 Å². The van der Waals surface area contributed by atoms with E-state index in [1.54, 1.807) is 0 Å². The highest BCUT2D eigenvalue weighted by Gasteiger charge is 2.31. The molecule has 3 rings (SSSR count). The van der Waals surface area contributed by atoms with Gasteiger partial charge in [-0.1, -0.05) is 49.6 Å². The number of primary amides is 1. The topological polar surface area (TPSA) is 72.2 Å². The minimum atomic E-state index is -1.24. The van der Waals surface area contributed by atoms with Crippen LogP contribution in [0.2, 0.25) is 0 Å². The fourth-order valence-corrected chi connectivity index (χ4v) is 3.75. The summed E-state index contributed by atoms with van der Waals surface area (Å²) < 4.78 is 28.8. The molecule has 1 fully saturated rings. The summed E-state index contributed by atoms with van der Waals surface area (Å²) in [6.07, 6.45) is 4.29. The summed E-state index contributed by atoms with van der Waals surface area (Å²) in [6, 6.07) is 9.94. The smallest absolute Gasteiger partial charge is 0.254 e. The summed E-state index contributed by atoms with van der Waals surface area (Å²) >= 11 is 0. The average molecular weight is 372 g/mol. The van der Waals surface area contributed by atoms with Crippen LogP contribution in [0.5, 0.6) is 0 Å². The number of rotatable bonds is 5. The lowest BCUT2D eigenvalue weighted by Crippen LogP contribution is -2.29. The lowest BCUT2D eigenvalue weighted by atomic mass is 9.79. The molecular formula is C21H22F2N2O2. The first-order chi connectivity index (χ1) is 13.0. The number of amides is 2. The van der Waals surface area contributed by atoms with E-state index in [2.05, 4.69) is 5.32 Å². The molecule has 0 spiro atoms. The lowest BCUT2D eigenvalue weighted by molar-refractivity contribution is 0.0943. The molecule has 1 aliphatic carbocycles. The number of carbonyl (C=O) groups is 2. The molecule has 27 heavy (non-hydrogen) atoms. The van der Waals surface area contributed by atoms with Crippen LogP contribution in [0.1, 0.15) is 69.9 Å². The summed E-state index contributed by atoms with van der Waals surface area (Å²) in [5, 5.41) is 2.63. The minimum absolute atomic E-state index is 0.106. The monoisotopic (exact) mass is 372 g/mol. The van der Waals surface area contributed by atoms with Crippen LogP contribution in [-0.4, -0.2) is 11.8 Å². The number of carbonyl (C=O) groups excluding carboxylic acids is 2. The Morgan fingerprint density at radius 3 is 2.37 bits per heavy atom. The van der Waals surface area contributed by atoms with Gasteiger partial charge in [-0.2, -0.15) is 0 Å². The molecule has 142 valence electrons. The number of hydrogen-bond donors (Lipinski definition) is 2. The van der Waals surface area contributed by atoms with Crippen molar-refractivity contribution < 1.29 is 18.4 Å². The molecule has 1 aliphatic rings. The fourth-order valence-electron chi connectivity index (χ4n) is 3.75. The Morgan fingerprint density at radius 2 is 1.74 bits per heavy atom. The van der Waals surface area contributed by atoms with E-state index in [4.69, 9.17) is 5.73 Å². The van der Waals surface area contributed by atoms with Crippen LogP contribution >= 0.6 is 0 Å². The molecule has 0 heterocycles. The zero-order chi connectivity index (χ0) is 19.4. The van der Waals surface area contributed by atoms with Gasteiger partial charge in [-0.25, -0.2) is 8.78 Å². The first-order valence-electron chi connectivity index (χ1n) is 9.13. The number of hydrogen-bond acceptors (Lipinski definition) is 2. The Labute approximate surface area is 156 Å². The number of nitrogens with one attached hydrogen (secondary N) is 1. The van der Waals surface area contributed by atoms with Crippen LogP contribution < -0.4 is 11.1 Å².